The number of H-pyrrole nitrogens is 1. The van der Waals surface area contributed by atoms with E-state index in [2.05, 4.69) is 10.2 Å². The van der Waals surface area contributed by atoms with Gasteiger partial charge in [-0.1, -0.05) is 0 Å². The zero-order valence-electron chi connectivity index (χ0n) is 5.74. The minimum absolute atomic E-state index is 0.251. The van der Waals surface area contributed by atoms with E-state index in [9.17, 15) is 8.78 Å². The fourth-order valence-electron chi connectivity index (χ4n) is 1.02. The molecule has 0 amide bonds. The molecule has 0 fully saturated rings. The summed E-state index contributed by atoms with van der Waals surface area (Å²) in [5.74, 6) is -1.19. The molecule has 0 unspecified atom stereocenters. The summed E-state index contributed by atoms with van der Waals surface area (Å²) in [6.07, 6.45) is 0. The van der Waals surface area contributed by atoms with Crippen molar-refractivity contribution in [3.05, 3.63) is 27.5 Å². The van der Waals surface area contributed by atoms with Crippen LogP contribution in [0, 0.1) is 15.3 Å². The second-order valence-electron chi connectivity index (χ2n) is 2.32. The lowest BCUT2D eigenvalue weighted by Crippen LogP contribution is -1.81. The van der Waals surface area contributed by atoms with Crippen LogP contribution in [0.3, 0.4) is 0 Å². The van der Waals surface area contributed by atoms with Gasteiger partial charge >= 0.3 is 0 Å². The predicted molar refractivity (Wildman–Crippen MR) is 48.7 cm³/mol. The molecule has 0 bridgehead atoms. The molecule has 2 nitrogen and oxygen atoms in total. The summed E-state index contributed by atoms with van der Waals surface area (Å²) >= 11 is 1.91. The molecule has 1 aromatic heterocycles. The fourth-order valence-corrected chi connectivity index (χ4v) is 1.56. The third-order valence-electron chi connectivity index (χ3n) is 1.54. The first-order chi connectivity index (χ1) is 5.68. The quantitative estimate of drug-likeness (QED) is 0.738. The number of halogens is 3. The molecular weight excluding hydrogens is 277 g/mol. The lowest BCUT2D eigenvalue weighted by Gasteiger charge is -1.91. The van der Waals surface area contributed by atoms with E-state index in [0.29, 0.717) is 9.09 Å². The van der Waals surface area contributed by atoms with E-state index in [-0.39, 0.29) is 5.52 Å². The van der Waals surface area contributed by atoms with E-state index >= 15 is 0 Å². The van der Waals surface area contributed by atoms with Crippen LogP contribution in [0.5, 0.6) is 0 Å². The van der Waals surface area contributed by atoms with Crippen LogP contribution in [-0.4, -0.2) is 10.2 Å². The topological polar surface area (TPSA) is 28.7 Å². The third kappa shape index (κ3) is 1.08. The van der Waals surface area contributed by atoms with Crippen LogP contribution >= 0.6 is 22.6 Å². The highest BCUT2D eigenvalue weighted by Gasteiger charge is 2.08. The van der Waals surface area contributed by atoms with Gasteiger partial charge in [0.2, 0.25) is 0 Å². The molecule has 12 heavy (non-hydrogen) atoms. The third-order valence-corrected chi connectivity index (χ3v) is 2.37. The average molecular weight is 280 g/mol. The molecule has 0 saturated heterocycles. The van der Waals surface area contributed by atoms with Crippen molar-refractivity contribution in [2.45, 2.75) is 0 Å². The number of aromatic nitrogens is 2. The summed E-state index contributed by atoms with van der Waals surface area (Å²) in [6.45, 7) is 0. The van der Waals surface area contributed by atoms with Crippen LogP contribution in [-0.2, 0) is 0 Å². The summed E-state index contributed by atoms with van der Waals surface area (Å²) in [5, 5.41) is 6.72. The highest BCUT2D eigenvalue weighted by Crippen LogP contribution is 2.21. The van der Waals surface area contributed by atoms with Gasteiger partial charge in [-0.15, -0.1) is 0 Å². The highest BCUT2D eigenvalue weighted by molar-refractivity contribution is 14.1. The van der Waals surface area contributed by atoms with Gasteiger partial charge in [0.05, 0.1) is 0 Å². The number of fused-ring (bicyclic) bond motifs is 1. The zero-order chi connectivity index (χ0) is 8.72. The Balaban J connectivity index is 2.92. The minimum Gasteiger partial charge on any atom is -0.274 e. The van der Waals surface area contributed by atoms with Crippen molar-refractivity contribution in [3.8, 4) is 0 Å². The standard InChI is InChI=1S/C7H3F2IN2/c8-3-1-4-6(5(9)2-3)11-12-7(4)10/h1-2H,(H,11,12). The Labute approximate surface area is 80.1 Å². The summed E-state index contributed by atoms with van der Waals surface area (Å²) in [5.41, 5.74) is 0.251. The first-order valence-electron chi connectivity index (χ1n) is 3.17. The molecule has 1 N–H and O–H groups in total. The second-order valence-corrected chi connectivity index (χ2v) is 3.35. The number of nitrogens with zero attached hydrogens (tertiary/aromatic N) is 1. The fraction of sp³-hybridized carbons (Fsp3) is 0. The van der Waals surface area contributed by atoms with Gasteiger partial charge in [0, 0.05) is 11.5 Å². The molecule has 1 heterocycles. The van der Waals surface area contributed by atoms with Crippen molar-refractivity contribution < 1.29 is 8.78 Å². The molecular formula is C7H3F2IN2. The SMILES string of the molecule is Fc1cc(F)c2[nH]nc(I)c2c1. The number of nitrogens with one attached hydrogen (secondary N) is 1. The number of hydrogen-bond donors (Lipinski definition) is 1. The van der Waals surface area contributed by atoms with Gasteiger partial charge in [-0.05, 0) is 28.7 Å². The molecule has 5 heteroatoms. The van der Waals surface area contributed by atoms with Gasteiger partial charge in [0.15, 0.2) is 5.82 Å². The van der Waals surface area contributed by atoms with Crippen molar-refractivity contribution in [2.24, 2.45) is 0 Å². The zero-order valence-corrected chi connectivity index (χ0v) is 7.89. The van der Waals surface area contributed by atoms with E-state index in [1.165, 1.54) is 6.07 Å². The maximum atomic E-state index is 12.9. The summed E-state index contributed by atoms with van der Waals surface area (Å²) < 4.78 is 26.2. The van der Waals surface area contributed by atoms with Crippen LogP contribution in [0.25, 0.3) is 10.9 Å². The summed E-state index contributed by atoms with van der Waals surface area (Å²) in [6, 6.07) is 2.08. The van der Waals surface area contributed by atoms with Crippen molar-refractivity contribution >= 4 is 33.5 Å². The summed E-state index contributed by atoms with van der Waals surface area (Å²) in [7, 11) is 0. The first-order valence-corrected chi connectivity index (χ1v) is 4.25. The largest absolute Gasteiger partial charge is 0.274 e. The molecule has 62 valence electrons. The molecule has 0 aliphatic heterocycles. The first kappa shape index (κ1) is 7.90. The molecule has 0 atom stereocenters. The number of rotatable bonds is 0. The lowest BCUT2D eigenvalue weighted by molar-refractivity contribution is 0.590. The van der Waals surface area contributed by atoms with Gasteiger partial charge < -0.3 is 0 Å². The van der Waals surface area contributed by atoms with Gasteiger partial charge in [0.1, 0.15) is 15.0 Å². The Morgan fingerprint density at radius 1 is 1.33 bits per heavy atom. The van der Waals surface area contributed by atoms with Crippen LogP contribution < -0.4 is 0 Å². The Morgan fingerprint density at radius 2 is 2.08 bits per heavy atom. The molecule has 2 rings (SSSR count). The lowest BCUT2D eigenvalue weighted by atomic mass is 10.2. The number of hydrogen-bond acceptors (Lipinski definition) is 1. The number of benzene rings is 1. The van der Waals surface area contributed by atoms with Gasteiger partial charge in [-0.2, -0.15) is 5.10 Å². The predicted octanol–water partition coefficient (Wildman–Crippen LogP) is 2.45. The maximum absolute atomic E-state index is 12.9. The Bertz CT molecular complexity index is 438. The summed E-state index contributed by atoms with van der Waals surface area (Å²) in [4.78, 5) is 0. The maximum Gasteiger partial charge on any atom is 0.151 e. The van der Waals surface area contributed by atoms with Crippen LogP contribution in [0.4, 0.5) is 8.78 Å². The van der Waals surface area contributed by atoms with E-state index in [4.69, 9.17) is 0 Å². The Hall–Kier alpha value is -0.720. The van der Waals surface area contributed by atoms with E-state index in [1.807, 2.05) is 22.6 Å². The molecule has 1 aromatic carbocycles. The van der Waals surface area contributed by atoms with Crippen molar-refractivity contribution in [1.82, 2.24) is 10.2 Å². The smallest absolute Gasteiger partial charge is 0.151 e. The molecule has 0 aliphatic carbocycles. The Morgan fingerprint density at radius 3 is 2.83 bits per heavy atom. The van der Waals surface area contributed by atoms with Crippen molar-refractivity contribution in [1.29, 1.82) is 0 Å². The second kappa shape index (κ2) is 2.65. The average Bonchev–Trinajstić information content (AvgIpc) is 2.33. The van der Waals surface area contributed by atoms with Gasteiger partial charge in [0.25, 0.3) is 0 Å². The van der Waals surface area contributed by atoms with Crippen LogP contribution in [0.1, 0.15) is 0 Å². The normalized spacial score (nSPS) is 10.9. The van der Waals surface area contributed by atoms with E-state index in [0.717, 1.165) is 6.07 Å². The molecule has 0 spiro atoms. The minimum atomic E-state index is -0.611. The molecule has 0 radical (unpaired) electrons. The Kier molecular flexibility index (Phi) is 1.75. The molecule has 2 aromatic rings. The van der Waals surface area contributed by atoms with Gasteiger partial charge in [-0.3, -0.25) is 5.10 Å². The molecule has 0 aliphatic rings. The number of aromatic amines is 1. The van der Waals surface area contributed by atoms with Crippen LogP contribution in [0.2, 0.25) is 0 Å². The van der Waals surface area contributed by atoms with E-state index < -0.39 is 11.6 Å². The van der Waals surface area contributed by atoms with Crippen molar-refractivity contribution in [3.63, 3.8) is 0 Å². The van der Waals surface area contributed by atoms with Crippen LogP contribution in [0.15, 0.2) is 12.1 Å². The molecule has 0 saturated carbocycles. The van der Waals surface area contributed by atoms with E-state index in [1.54, 1.807) is 0 Å². The van der Waals surface area contributed by atoms with Gasteiger partial charge in [-0.25, -0.2) is 8.78 Å². The van der Waals surface area contributed by atoms with Crippen molar-refractivity contribution in [2.75, 3.05) is 0 Å². The highest BCUT2D eigenvalue weighted by atomic mass is 127. The monoisotopic (exact) mass is 280 g/mol.